The predicted octanol–water partition coefficient (Wildman–Crippen LogP) is 2.94. The smallest absolute Gasteiger partial charge is 0.223 e. The Hall–Kier alpha value is -2.81. The SMILES string of the molecule is N#Cc1cnc(NC2(c3ccc(F)cc3)CCC(=O)CC2)nc1. The van der Waals surface area contributed by atoms with E-state index >= 15 is 0 Å². The highest BCUT2D eigenvalue weighted by Crippen LogP contribution is 2.38. The van der Waals surface area contributed by atoms with Crippen LogP contribution in [-0.4, -0.2) is 15.8 Å². The van der Waals surface area contributed by atoms with E-state index in [-0.39, 0.29) is 11.6 Å². The van der Waals surface area contributed by atoms with Crippen LogP contribution in [0.4, 0.5) is 10.3 Å². The monoisotopic (exact) mass is 310 g/mol. The van der Waals surface area contributed by atoms with E-state index in [0.29, 0.717) is 37.2 Å². The van der Waals surface area contributed by atoms with E-state index in [1.165, 1.54) is 24.5 Å². The molecule has 23 heavy (non-hydrogen) atoms. The summed E-state index contributed by atoms with van der Waals surface area (Å²) in [6.07, 6.45) is 5.01. The van der Waals surface area contributed by atoms with Crippen LogP contribution in [0.15, 0.2) is 36.7 Å². The number of ketones is 1. The summed E-state index contributed by atoms with van der Waals surface area (Å²) in [5.74, 6) is 0.318. The molecule has 1 aromatic heterocycles. The van der Waals surface area contributed by atoms with Crippen molar-refractivity contribution in [3.63, 3.8) is 0 Å². The summed E-state index contributed by atoms with van der Waals surface area (Å²) in [7, 11) is 0. The zero-order valence-electron chi connectivity index (χ0n) is 12.4. The first-order chi connectivity index (χ1) is 11.1. The fourth-order valence-corrected chi connectivity index (χ4v) is 2.87. The number of hydrogen-bond acceptors (Lipinski definition) is 5. The lowest BCUT2D eigenvalue weighted by molar-refractivity contribution is -0.121. The van der Waals surface area contributed by atoms with Crippen LogP contribution in [0.1, 0.15) is 36.8 Å². The van der Waals surface area contributed by atoms with Crippen molar-refractivity contribution in [1.82, 2.24) is 9.97 Å². The predicted molar refractivity (Wildman–Crippen MR) is 81.9 cm³/mol. The van der Waals surface area contributed by atoms with Gasteiger partial charge in [-0.3, -0.25) is 4.79 Å². The molecule has 0 bridgehead atoms. The van der Waals surface area contributed by atoms with Gasteiger partial charge < -0.3 is 5.32 Å². The number of nitrogens with one attached hydrogen (secondary N) is 1. The molecule has 1 heterocycles. The van der Waals surface area contributed by atoms with Crippen LogP contribution < -0.4 is 5.32 Å². The Kier molecular flexibility index (Phi) is 4.02. The number of Topliss-reactive ketones (excluding diaryl/α,β-unsaturated/α-hetero) is 1. The zero-order chi connectivity index (χ0) is 16.3. The summed E-state index contributed by atoms with van der Waals surface area (Å²) < 4.78 is 13.2. The van der Waals surface area contributed by atoms with Gasteiger partial charge in [-0.25, -0.2) is 14.4 Å². The van der Waals surface area contributed by atoms with Gasteiger partial charge in [0, 0.05) is 12.8 Å². The van der Waals surface area contributed by atoms with E-state index in [1.54, 1.807) is 12.1 Å². The first kappa shape index (κ1) is 15.1. The highest BCUT2D eigenvalue weighted by atomic mass is 19.1. The van der Waals surface area contributed by atoms with E-state index in [9.17, 15) is 9.18 Å². The molecule has 1 aliphatic carbocycles. The third-order valence-electron chi connectivity index (χ3n) is 4.19. The Morgan fingerprint density at radius 3 is 2.30 bits per heavy atom. The van der Waals surface area contributed by atoms with Crippen molar-refractivity contribution in [3.8, 4) is 6.07 Å². The number of nitriles is 1. The molecule has 0 radical (unpaired) electrons. The molecule has 0 unspecified atom stereocenters. The van der Waals surface area contributed by atoms with E-state index in [4.69, 9.17) is 5.26 Å². The van der Waals surface area contributed by atoms with E-state index in [1.807, 2.05) is 6.07 Å². The molecule has 0 atom stereocenters. The van der Waals surface area contributed by atoms with Crippen molar-refractivity contribution in [2.24, 2.45) is 0 Å². The fraction of sp³-hybridized carbons (Fsp3) is 0.294. The number of anilines is 1. The Balaban J connectivity index is 1.93. The number of halogens is 1. The lowest BCUT2D eigenvalue weighted by atomic mass is 9.76. The molecule has 1 fully saturated rings. The van der Waals surface area contributed by atoms with Crippen LogP contribution in [0.2, 0.25) is 0 Å². The van der Waals surface area contributed by atoms with Crippen molar-refractivity contribution in [2.75, 3.05) is 5.32 Å². The molecule has 1 saturated carbocycles. The topological polar surface area (TPSA) is 78.7 Å². The van der Waals surface area contributed by atoms with E-state index in [0.717, 1.165) is 5.56 Å². The van der Waals surface area contributed by atoms with Crippen LogP contribution in [0, 0.1) is 17.1 Å². The Labute approximate surface area is 133 Å². The molecule has 1 aliphatic rings. The normalized spacial score (nSPS) is 16.6. The second-order valence-electron chi connectivity index (χ2n) is 5.66. The van der Waals surface area contributed by atoms with E-state index in [2.05, 4.69) is 15.3 Å². The Morgan fingerprint density at radius 2 is 1.74 bits per heavy atom. The number of carbonyl (C=O) groups excluding carboxylic acids is 1. The Morgan fingerprint density at radius 1 is 1.13 bits per heavy atom. The molecule has 0 spiro atoms. The standard InChI is InChI=1S/C17H15FN4O/c18-14-3-1-13(2-4-14)17(7-5-15(23)6-8-17)22-16-20-10-12(9-19)11-21-16/h1-4,10-11H,5-8H2,(H,20,21,22). The number of carbonyl (C=O) groups is 1. The number of hydrogen-bond donors (Lipinski definition) is 1. The third-order valence-corrected chi connectivity index (χ3v) is 4.19. The lowest BCUT2D eigenvalue weighted by Gasteiger charge is -2.38. The Bertz CT molecular complexity index is 740. The molecule has 1 N–H and O–H groups in total. The van der Waals surface area contributed by atoms with Gasteiger partial charge >= 0.3 is 0 Å². The average Bonchev–Trinajstić information content (AvgIpc) is 2.58. The highest BCUT2D eigenvalue weighted by Gasteiger charge is 2.37. The van der Waals surface area contributed by atoms with Crippen molar-refractivity contribution >= 4 is 11.7 Å². The van der Waals surface area contributed by atoms with Gasteiger partial charge in [0.1, 0.15) is 17.7 Å². The molecule has 116 valence electrons. The summed E-state index contributed by atoms with van der Waals surface area (Å²) in [5, 5.41) is 12.1. The van der Waals surface area contributed by atoms with Crippen molar-refractivity contribution in [3.05, 3.63) is 53.6 Å². The minimum Gasteiger partial charge on any atom is -0.345 e. The van der Waals surface area contributed by atoms with Crippen LogP contribution in [0.25, 0.3) is 0 Å². The highest BCUT2D eigenvalue weighted by molar-refractivity contribution is 5.79. The zero-order valence-corrected chi connectivity index (χ0v) is 12.4. The maximum Gasteiger partial charge on any atom is 0.223 e. The van der Waals surface area contributed by atoms with Crippen molar-refractivity contribution in [2.45, 2.75) is 31.2 Å². The minimum absolute atomic E-state index is 0.227. The van der Waals surface area contributed by atoms with Gasteiger partial charge in [-0.2, -0.15) is 5.26 Å². The number of benzene rings is 1. The van der Waals surface area contributed by atoms with Gasteiger partial charge in [0.2, 0.25) is 5.95 Å². The van der Waals surface area contributed by atoms with Gasteiger partial charge in [-0.15, -0.1) is 0 Å². The van der Waals surface area contributed by atoms with Crippen LogP contribution in [0.5, 0.6) is 0 Å². The molecule has 0 aliphatic heterocycles. The molecular weight excluding hydrogens is 295 g/mol. The average molecular weight is 310 g/mol. The molecule has 1 aromatic carbocycles. The van der Waals surface area contributed by atoms with Gasteiger partial charge in [0.05, 0.1) is 23.5 Å². The summed E-state index contributed by atoms with van der Waals surface area (Å²) >= 11 is 0. The molecule has 0 amide bonds. The molecule has 0 saturated heterocycles. The minimum atomic E-state index is -0.504. The largest absolute Gasteiger partial charge is 0.345 e. The molecular formula is C17H15FN4O. The quantitative estimate of drug-likeness (QED) is 0.943. The van der Waals surface area contributed by atoms with Crippen LogP contribution in [-0.2, 0) is 10.3 Å². The van der Waals surface area contributed by atoms with Gasteiger partial charge in [-0.05, 0) is 30.5 Å². The number of nitrogens with zero attached hydrogens (tertiary/aromatic N) is 3. The van der Waals surface area contributed by atoms with Gasteiger partial charge in [-0.1, -0.05) is 12.1 Å². The fourth-order valence-electron chi connectivity index (χ4n) is 2.87. The number of aromatic nitrogens is 2. The third kappa shape index (κ3) is 3.19. The number of rotatable bonds is 3. The maximum atomic E-state index is 13.2. The van der Waals surface area contributed by atoms with Crippen LogP contribution in [0.3, 0.4) is 0 Å². The summed E-state index contributed by atoms with van der Waals surface area (Å²) in [5.41, 5.74) is 0.778. The van der Waals surface area contributed by atoms with Gasteiger partial charge in [0.15, 0.2) is 0 Å². The second kappa shape index (κ2) is 6.13. The molecule has 3 rings (SSSR count). The van der Waals surface area contributed by atoms with Crippen LogP contribution >= 0.6 is 0 Å². The van der Waals surface area contributed by atoms with Crippen molar-refractivity contribution < 1.29 is 9.18 Å². The molecule has 6 heteroatoms. The van der Waals surface area contributed by atoms with Gasteiger partial charge in [0.25, 0.3) is 0 Å². The lowest BCUT2D eigenvalue weighted by Crippen LogP contribution is -2.40. The summed E-state index contributed by atoms with van der Waals surface area (Å²) in [6.45, 7) is 0. The molecule has 2 aromatic rings. The van der Waals surface area contributed by atoms with E-state index < -0.39 is 5.54 Å². The molecule has 5 nitrogen and oxygen atoms in total. The summed E-state index contributed by atoms with van der Waals surface area (Å²) in [6, 6.07) is 8.24. The first-order valence-corrected chi connectivity index (χ1v) is 7.39. The first-order valence-electron chi connectivity index (χ1n) is 7.39. The maximum absolute atomic E-state index is 13.2. The van der Waals surface area contributed by atoms with Crippen molar-refractivity contribution in [1.29, 1.82) is 5.26 Å². The second-order valence-corrected chi connectivity index (χ2v) is 5.66. The summed E-state index contributed by atoms with van der Waals surface area (Å²) in [4.78, 5) is 19.9.